The molecule has 2 aromatic carbocycles. The SMILES string of the molecule is O=C(Nc1ccccc1OCc1cscn1)c1cccn(Cc2ccccc2)c1=O. The first kappa shape index (κ1) is 19.6. The highest BCUT2D eigenvalue weighted by Gasteiger charge is 2.15. The normalized spacial score (nSPS) is 10.5. The first-order valence-corrected chi connectivity index (χ1v) is 10.3. The Hall–Kier alpha value is -3.71. The number of nitrogens with zero attached hydrogens (tertiary/aromatic N) is 2. The molecule has 7 heteroatoms. The number of ether oxygens (including phenoxy) is 1. The van der Waals surface area contributed by atoms with Crippen molar-refractivity contribution in [3.05, 3.63) is 111 Å². The van der Waals surface area contributed by atoms with E-state index in [2.05, 4.69) is 10.3 Å². The zero-order valence-electron chi connectivity index (χ0n) is 16.0. The minimum Gasteiger partial charge on any atom is -0.485 e. The molecule has 4 aromatic rings. The van der Waals surface area contributed by atoms with Gasteiger partial charge in [-0.1, -0.05) is 42.5 Å². The second-order valence-electron chi connectivity index (χ2n) is 6.56. The fourth-order valence-electron chi connectivity index (χ4n) is 2.96. The van der Waals surface area contributed by atoms with Crippen molar-refractivity contribution < 1.29 is 9.53 Å². The zero-order valence-corrected chi connectivity index (χ0v) is 16.8. The summed E-state index contributed by atoms with van der Waals surface area (Å²) in [5.41, 5.74) is 3.76. The first-order chi connectivity index (χ1) is 14.7. The third-order valence-corrected chi connectivity index (χ3v) is 5.09. The number of pyridine rings is 1. The molecule has 2 aromatic heterocycles. The van der Waals surface area contributed by atoms with E-state index in [-0.39, 0.29) is 11.1 Å². The van der Waals surface area contributed by atoms with Crippen molar-refractivity contribution in [2.24, 2.45) is 0 Å². The van der Waals surface area contributed by atoms with Crippen LogP contribution in [-0.2, 0) is 13.2 Å². The van der Waals surface area contributed by atoms with Crippen molar-refractivity contribution in [2.75, 3.05) is 5.32 Å². The average Bonchev–Trinajstić information content (AvgIpc) is 3.29. The summed E-state index contributed by atoms with van der Waals surface area (Å²) in [6.07, 6.45) is 1.68. The molecule has 0 saturated carbocycles. The van der Waals surface area contributed by atoms with E-state index in [9.17, 15) is 9.59 Å². The summed E-state index contributed by atoms with van der Waals surface area (Å²) < 4.78 is 7.32. The number of thiazole rings is 1. The molecule has 1 N–H and O–H groups in total. The third-order valence-electron chi connectivity index (χ3n) is 4.45. The van der Waals surface area contributed by atoms with Gasteiger partial charge in [-0.3, -0.25) is 9.59 Å². The highest BCUT2D eigenvalue weighted by atomic mass is 32.1. The summed E-state index contributed by atoms with van der Waals surface area (Å²) in [6, 6.07) is 20.0. The van der Waals surface area contributed by atoms with Gasteiger partial charge in [0.2, 0.25) is 0 Å². The van der Waals surface area contributed by atoms with Gasteiger partial charge in [0.1, 0.15) is 17.9 Å². The van der Waals surface area contributed by atoms with E-state index in [0.29, 0.717) is 24.6 Å². The van der Waals surface area contributed by atoms with E-state index in [1.165, 1.54) is 22.0 Å². The third kappa shape index (κ3) is 4.64. The predicted molar refractivity (Wildman–Crippen MR) is 117 cm³/mol. The fraction of sp³-hybridized carbons (Fsp3) is 0.0870. The molecule has 0 aliphatic heterocycles. The van der Waals surface area contributed by atoms with Crippen LogP contribution in [0.4, 0.5) is 5.69 Å². The van der Waals surface area contributed by atoms with Crippen molar-refractivity contribution in [1.82, 2.24) is 9.55 Å². The number of benzene rings is 2. The maximum Gasteiger partial charge on any atom is 0.263 e. The molecule has 0 atom stereocenters. The molecule has 4 rings (SSSR count). The highest BCUT2D eigenvalue weighted by Crippen LogP contribution is 2.25. The van der Waals surface area contributed by atoms with Gasteiger partial charge in [-0.15, -0.1) is 11.3 Å². The van der Waals surface area contributed by atoms with E-state index >= 15 is 0 Å². The van der Waals surface area contributed by atoms with Crippen LogP contribution in [0.3, 0.4) is 0 Å². The average molecular weight is 417 g/mol. The Morgan fingerprint density at radius 2 is 1.83 bits per heavy atom. The molecular weight excluding hydrogens is 398 g/mol. The summed E-state index contributed by atoms with van der Waals surface area (Å²) in [6.45, 7) is 0.694. The largest absolute Gasteiger partial charge is 0.485 e. The van der Waals surface area contributed by atoms with Gasteiger partial charge in [-0.05, 0) is 29.8 Å². The lowest BCUT2D eigenvalue weighted by Crippen LogP contribution is -2.29. The Morgan fingerprint density at radius 1 is 1.03 bits per heavy atom. The van der Waals surface area contributed by atoms with Crippen LogP contribution in [0.15, 0.2) is 88.6 Å². The molecule has 0 radical (unpaired) electrons. The fourth-order valence-corrected chi connectivity index (χ4v) is 3.50. The van der Waals surface area contributed by atoms with E-state index in [1.54, 1.807) is 36.0 Å². The van der Waals surface area contributed by atoms with Crippen molar-refractivity contribution in [3.63, 3.8) is 0 Å². The smallest absolute Gasteiger partial charge is 0.263 e. The number of anilines is 1. The lowest BCUT2D eigenvalue weighted by atomic mass is 10.2. The number of hydrogen-bond acceptors (Lipinski definition) is 5. The monoisotopic (exact) mass is 417 g/mol. The minimum atomic E-state index is -0.480. The van der Waals surface area contributed by atoms with E-state index in [4.69, 9.17) is 4.74 Å². The summed E-state index contributed by atoms with van der Waals surface area (Å²) in [5, 5.41) is 4.70. The molecule has 0 fully saturated rings. The summed E-state index contributed by atoms with van der Waals surface area (Å²) >= 11 is 1.49. The molecule has 0 bridgehead atoms. The number of para-hydroxylation sites is 2. The van der Waals surface area contributed by atoms with Gasteiger partial charge in [0, 0.05) is 11.6 Å². The highest BCUT2D eigenvalue weighted by molar-refractivity contribution is 7.07. The van der Waals surface area contributed by atoms with Crippen LogP contribution in [0.2, 0.25) is 0 Å². The minimum absolute atomic E-state index is 0.0720. The van der Waals surface area contributed by atoms with Crippen molar-refractivity contribution in [1.29, 1.82) is 0 Å². The number of aromatic nitrogens is 2. The molecular formula is C23H19N3O3S. The molecule has 0 saturated heterocycles. The van der Waals surface area contributed by atoms with E-state index < -0.39 is 5.91 Å². The number of nitrogens with one attached hydrogen (secondary N) is 1. The Bertz CT molecular complexity index is 1190. The van der Waals surface area contributed by atoms with Crippen LogP contribution >= 0.6 is 11.3 Å². The standard InChI is InChI=1S/C23H19N3O3S/c27-22(19-9-6-12-26(23(19)28)13-17-7-2-1-3-8-17)25-20-10-4-5-11-21(20)29-14-18-15-30-16-24-18/h1-12,15-16H,13-14H2,(H,25,27). The molecule has 150 valence electrons. The molecule has 1 amide bonds. The molecule has 2 heterocycles. The van der Waals surface area contributed by atoms with Gasteiger partial charge < -0.3 is 14.6 Å². The summed E-state index contributed by atoms with van der Waals surface area (Å²) in [4.78, 5) is 29.9. The van der Waals surface area contributed by atoms with E-state index in [0.717, 1.165) is 11.3 Å². The Kier molecular flexibility index (Phi) is 6.01. The van der Waals surface area contributed by atoms with Crippen LogP contribution in [0.1, 0.15) is 21.6 Å². The van der Waals surface area contributed by atoms with Gasteiger partial charge in [-0.2, -0.15) is 0 Å². The molecule has 0 aliphatic rings. The molecule has 30 heavy (non-hydrogen) atoms. The van der Waals surface area contributed by atoms with Crippen molar-refractivity contribution in [3.8, 4) is 5.75 Å². The zero-order chi connectivity index (χ0) is 20.8. The second kappa shape index (κ2) is 9.19. The Balaban J connectivity index is 1.52. The van der Waals surface area contributed by atoms with Gasteiger partial charge >= 0.3 is 0 Å². The van der Waals surface area contributed by atoms with Crippen LogP contribution in [0.5, 0.6) is 5.75 Å². The topological polar surface area (TPSA) is 73.2 Å². The van der Waals surface area contributed by atoms with Crippen LogP contribution in [0, 0.1) is 0 Å². The number of carbonyl (C=O) groups excluding carboxylic acids is 1. The van der Waals surface area contributed by atoms with Gasteiger partial charge in [0.15, 0.2) is 0 Å². The van der Waals surface area contributed by atoms with Crippen LogP contribution < -0.4 is 15.6 Å². The Morgan fingerprint density at radius 3 is 2.63 bits per heavy atom. The molecule has 0 aliphatic carbocycles. The number of carbonyl (C=O) groups is 1. The summed E-state index contributed by atoms with van der Waals surface area (Å²) in [5.74, 6) is 0.0338. The van der Waals surface area contributed by atoms with Crippen LogP contribution in [-0.4, -0.2) is 15.5 Å². The maximum atomic E-state index is 12.8. The van der Waals surface area contributed by atoms with E-state index in [1.807, 2.05) is 41.8 Å². The van der Waals surface area contributed by atoms with Gasteiger partial charge in [0.25, 0.3) is 11.5 Å². The maximum absolute atomic E-state index is 12.8. The van der Waals surface area contributed by atoms with Gasteiger partial charge in [-0.25, -0.2) is 4.98 Å². The quantitative estimate of drug-likeness (QED) is 0.490. The Labute approximate surface area is 177 Å². The number of amides is 1. The summed E-state index contributed by atoms with van der Waals surface area (Å²) in [7, 11) is 0. The molecule has 6 nitrogen and oxygen atoms in total. The lowest BCUT2D eigenvalue weighted by molar-refractivity contribution is 0.102. The lowest BCUT2D eigenvalue weighted by Gasteiger charge is -2.12. The molecule has 0 spiro atoms. The number of rotatable bonds is 7. The molecule has 0 unspecified atom stereocenters. The van der Waals surface area contributed by atoms with Gasteiger partial charge in [0.05, 0.1) is 23.4 Å². The van der Waals surface area contributed by atoms with Crippen LogP contribution in [0.25, 0.3) is 0 Å². The first-order valence-electron chi connectivity index (χ1n) is 9.34. The predicted octanol–water partition coefficient (Wildman–Crippen LogP) is 4.18. The van der Waals surface area contributed by atoms with Crippen molar-refractivity contribution >= 4 is 22.9 Å². The number of hydrogen-bond donors (Lipinski definition) is 1. The second-order valence-corrected chi connectivity index (χ2v) is 7.28. The van der Waals surface area contributed by atoms with Crippen molar-refractivity contribution in [2.45, 2.75) is 13.2 Å².